The van der Waals surface area contributed by atoms with Crippen molar-refractivity contribution in [1.82, 2.24) is 29.9 Å². The molecule has 0 aromatic carbocycles. The Labute approximate surface area is 138 Å². The van der Waals surface area contributed by atoms with Crippen LogP contribution in [0.1, 0.15) is 43.8 Å². The second kappa shape index (κ2) is 7.77. The van der Waals surface area contributed by atoms with Gasteiger partial charge >= 0.3 is 6.03 Å². The van der Waals surface area contributed by atoms with E-state index in [9.17, 15) is 4.79 Å². The number of amides is 2. The molecule has 0 saturated carbocycles. The van der Waals surface area contributed by atoms with E-state index in [1.807, 2.05) is 7.05 Å². The van der Waals surface area contributed by atoms with Crippen molar-refractivity contribution >= 4 is 6.03 Å². The van der Waals surface area contributed by atoms with E-state index in [-0.39, 0.29) is 6.03 Å². The summed E-state index contributed by atoms with van der Waals surface area (Å²) in [5.74, 6) is 1.94. The van der Waals surface area contributed by atoms with Crippen LogP contribution < -0.4 is 5.32 Å². The highest BCUT2D eigenvalue weighted by Gasteiger charge is 2.19. The molecular formula is C16H28N6O. The van der Waals surface area contributed by atoms with Crippen LogP contribution in [-0.4, -0.2) is 63.8 Å². The van der Waals surface area contributed by atoms with Gasteiger partial charge in [-0.05, 0) is 32.4 Å². The predicted molar refractivity (Wildman–Crippen MR) is 88.1 cm³/mol. The van der Waals surface area contributed by atoms with Crippen molar-refractivity contribution in [2.45, 2.75) is 51.6 Å². The number of nitrogens with one attached hydrogen (secondary N) is 1. The molecule has 2 amide bonds. The highest BCUT2D eigenvalue weighted by Crippen LogP contribution is 2.15. The van der Waals surface area contributed by atoms with Crippen LogP contribution in [0.5, 0.6) is 0 Å². The molecule has 2 aliphatic rings. The number of aromatic nitrogens is 3. The molecule has 0 bridgehead atoms. The number of fused-ring (bicyclic) bond motifs is 1. The van der Waals surface area contributed by atoms with Crippen molar-refractivity contribution in [3.8, 4) is 0 Å². The normalized spacial score (nSPS) is 18.5. The van der Waals surface area contributed by atoms with E-state index in [2.05, 4.69) is 25.0 Å². The summed E-state index contributed by atoms with van der Waals surface area (Å²) in [5, 5.41) is 11.4. The third kappa shape index (κ3) is 4.22. The Hall–Kier alpha value is -1.63. The maximum Gasteiger partial charge on any atom is 0.317 e. The molecule has 2 aliphatic heterocycles. The van der Waals surface area contributed by atoms with Gasteiger partial charge in [-0.15, -0.1) is 10.2 Å². The minimum atomic E-state index is -0.0323. The monoisotopic (exact) mass is 320 g/mol. The molecule has 0 spiro atoms. The van der Waals surface area contributed by atoms with E-state index in [0.717, 1.165) is 50.7 Å². The molecule has 128 valence electrons. The summed E-state index contributed by atoms with van der Waals surface area (Å²) in [4.78, 5) is 16.4. The molecule has 1 N–H and O–H groups in total. The van der Waals surface area contributed by atoms with Gasteiger partial charge in [0.2, 0.25) is 0 Å². The SMILES string of the molecule is CN(Cc1nnc2n1CCC2)C(=O)NCCN1CCCCCC1. The third-order valence-electron chi connectivity index (χ3n) is 4.81. The third-order valence-corrected chi connectivity index (χ3v) is 4.81. The van der Waals surface area contributed by atoms with Crippen molar-refractivity contribution in [1.29, 1.82) is 0 Å². The predicted octanol–water partition coefficient (Wildman–Crippen LogP) is 1.24. The maximum absolute atomic E-state index is 12.2. The lowest BCUT2D eigenvalue weighted by atomic mass is 10.2. The van der Waals surface area contributed by atoms with E-state index < -0.39 is 0 Å². The summed E-state index contributed by atoms with van der Waals surface area (Å²) in [6.45, 7) is 5.47. The Morgan fingerprint density at radius 3 is 2.70 bits per heavy atom. The minimum absolute atomic E-state index is 0.0323. The second-order valence-corrected chi connectivity index (χ2v) is 6.63. The molecule has 0 atom stereocenters. The summed E-state index contributed by atoms with van der Waals surface area (Å²) >= 11 is 0. The molecule has 0 aliphatic carbocycles. The molecule has 7 nitrogen and oxygen atoms in total. The molecule has 1 fully saturated rings. The summed E-state index contributed by atoms with van der Waals surface area (Å²) in [6, 6.07) is -0.0323. The molecular weight excluding hydrogens is 292 g/mol. The summed E-state index contributed by atoms with van der Waals surface area (Å²) in [7, 11) is 1.82. The van der Waals surface area contributed by atoms with Crippen LogP contribution in [0, 0.1) is 0 Å². The lowest BCUT2D eigenvalue weighted by molar-refractivity contribution is 0.202. The number of nitrogens with zero attached hydrogens (tertiary/aromatic N) is 5. The summed E-state index contributed by atoms with van der Waals surface area (Å²) < 4.78 is 2.14. The fourth-order valence-corrected chi connectivity index (χ4v) is 3.43. The Balaban J connectivity index is 1.40. The van der Waals surface area contributed by atoms with Crippen LogP contribution in [0.3, 0.4) is 0 Å². The van der Waals surface area contributed by atoms with Crippen LogP contribution in [0.4, 0.5) is 4.79 Å². The summed E-state index contributed by atoms with van der Waals surface area (Å²) in [5.41, 5.74) is 0. The molecule has 3 heterocycles. The fraction of sp³-hybridized carbons (Fsp3) is 0.812. The number of rotatable bonds is 5. The molecule has 1 aromatic rings. The van der Waals surface area contributed by atoms with Gasteiger partial charge < -0.3 is 19.7 Å². The lowest BCUT2D eigenvalue weighted by Gasteiger charge is -2.22. The molecule has 1 saturated heterocycles. The molecule has 0 radical (unpaired) electrons. The maximum atomic E-state index is 12.2. The number of urea groups is 1. The Kier molecular flexibility index (Phi) is 5.48. The molecule has 0 unspecified atom stereocenters. The lowest BCUT2D eigenvalue weighted by Crippen LogP contribution is -2.41. The van der Waals surface area contributed by atoms with E-state index in [0.29, 0.717) is 13.1 Å². The number of likely N-dealkylation sites (tertiary alicyclic amines) is 1. The zero-order valence-electron chi connectivity index (χ0n) is 14.1. The average Bonchev–Trinajstić information content (AvgIpc) is 3.05. The number of hydrogen-bond donors (Lipinski definition) is 1. The summed E-state index contributed by atoms with van der Waals surface area (Å²) in [6.07, 6.45) is 7.38. The van der Waals surface area contributed by atoms with Crippen LogP contribution in [-0.2, 0) is 19.5 Å². The Morgan fingerprint density at radius 1 is 1.13 bits per heavy atom. The Morgan fingerprint density at radius 2 is 1.91 bits per heavy atom. The van der Waals surface area contributed by atoms with Gasteiger partial charge in [0.05, 0.1) is 6.54 Å². The first-order valence-corrected chi connectivity index (χ1v) is 8.86. The van der Waals surface area contributed by atoms with E-state index in [1.54, 1.807) is 4.90 Å². The number of aryl methyl sites for hydroxylation is 1. The largest absolute Gasteiger partial charge is 0.337 e. The van der Waals surface area contributed by atoms with Gasteiger partial charge in [-0.2, -0.15) is 0 Å². The number of carbonyl (C=O) groups is 1. The Bertz CT molecular complexity index is 521. The first-order valence-electron chi connectivity index (χ1n) is 8.86. The van der Waals surface area contributed by atoms with Crippen molar-refractivity contribution in [3.63, 3.8) is 0 Å². The standard InChI is InChI=1S/C16H28N6O/c1-20(13-15-19-18-14-7-6-11-22(14)15)16(23)17-8-12-21-9-4-2-3-5-10-21/h2-13H2,1H3,(H,17,23). The van der Waals surface area contributed by atoms with E-state index in [4.69, 9.17) is 0 Å². The van der Waals surface area contributed by atoms with Crippen molar-refractivity contribution in [2.24, 2.45) is 0 Å². The smallest absolute Gasteiger partial charge is 0.317 e. The van der Waals surface area contributed by atoms with E-state index >= 15 is 0 Å². The molecule has 7 heteroatoms. The van der Waals surface area contributed by atoms with Crippen LogP contribution in [0.2, 0.25) is 0 Å². The molecule has 23 heavy (non-hydrogen) atoms. The van der Waals surface area contributed by atoms with Gasteiger partial charge in [0.1, 0.15) is 5.82 Å². The zero-order valence-corrected chi connectivity index (χ0v) is 14.1. The highest BCUT2D eigenvalue weighted by molar-refractivity contribution is 5.73. The van der Waals surface area contributed by atoms with Gasteiger partial charge in [-0.1, -0.05) is 12.8 Å². The number of hydrogen-bond acceptors (Lipinski definition) is 4. The van der Waals surface area contributed by atoms with Crippen LogP contribution in [0.25, 0.3) is 0 Å². The fourth-order valence-electron chi connectivity index (χ4n) is 3.43. The van der Waals surface area contributed by atoms with Crippen molar-refractivity contribution < 1.29 is 4.79 Å². The highest BCUT2D eigenvalue weighted by atomic mass is 16.2. The van der Waals surface area contributed by atoms with Gasteiger partial charge in [-0.25, -0.2) is 4.79 Å². The molecule has 1 aromatic heterocycles. The van der Waals surface area contributed by atoms with Crippen LogP contribution >= 0.6 is 0 Å². The van der Waals surface area contributed by atoms with Gasteiger partial charge in [0.25, 0.3) is 0 Å². The van der Waals surface area contributed by atoms with Crippen LogP contribution in [0.15, 0.2) is 0 Å². The van der Waals surface area contributed by atoms with Gasteiger partial charge in [0.15, 0.2) is 5.82 Å². The second-order valence-electron chi connectivity index (χ2n) is 6.63. The van der Waals surface area contributed by atoms with E-state index in [1.165, 1.54) is 25.7 Å². The quantitative estimate of drug-likeness (QED) is 0.886. The zero-order chi connectivity index (χ0) is 16.1. The minimum Gasteiger partial charge on any atom is -0.337 e. The first-order chi connectivity index (χ1) is 11.2. The average molecular weight is 320 g/mol. The number of carbonyl (C=O) groups excluding carboxylic acids is 1. The molecule has 3 rings (SSSR count). The van der Waals surface area contributed by atoms with Gasteiger partial charge in [-0.3, -0.25) is 0 Å². The first kappa shape index (κ1) is 16.2. The van der Waals surface area contributed by atoms with Crippen molar-refractivity contribution in [2.75, 3.05) is 33.2 Å². The van der Waals surface area contributed by atoms with Gasteiger partial charge in [0, 0.05) is 33.1 Å². The topological polar surface area (TPSA) is 66.3 Å². The van der Waals surface area contributed by atoms with Crippen molar-refractivity contribution in [3.05, 3.63) is 11.6 Å².